The number of alkyl halides is 2. The van der Waals surface area contributed by atoms with Gasteiger partial charge in [0.05, 0.1) is 5.52 Å². The number of para-hydroxylation sites is 1. The van der Waals surface area contributed by atoms with Crippen LogP contribution in [0.4, 0.5) is 8.78 Å². The standard InChI is InChI=1S/C10H10F2N2O/c1-14-8-5-3-2-4-7(8)9(13-14)10(11,12)6-15/h2-5,15H,6H2,1H3. The Kier molecular flexibility index (Phi) is 2.19. The fourth-order valence-corrected chi connectivity index (χ4v) is 1.56. The minimum Gasteiger partial charge on any atom is -0.390 e. The minimum absolute atomic E-state index is 0.372. The molecule has 0 aliphatic carbocycles. The van der Waals surface area contributed by atoms with Gasteiger partial charge in [-0.15, -0.1) is 0 Å². The zero-order valence-corrected chi connectivity index (χ0v) is 8.11. The molecular formula is C10H10F2N2O. The normalized spacial score (nSPS) is 12.3. The Balaban J connectivity index is 2.72. The fraction of sp³-hybridized carbons (Fsp3) is 0.300. The largest absolute Gasteiger partial charge is 0.390 e. The Bertz CT molecular complexity index is 493. The van der Waals surface area contributed by atoms with Crippen LogP contribution in [0.25, 0.3) is 10.9 Å². The van der Waals surface area contributed by atoms with Crippen molar-refractivity contribution in [2.24, 2.45) is 7.05 Å². The van der Waals surface area contributed by atoms with Gasteiger partial charge in [-0.3, -0.25) is 4.68 Å². The molecule has 0 radical (unpaired) electrons. The summed E-state index contributed by atoms with van der Waals surface area (Å²) in [5, 5.41) is 12.7. The first-order valence-corrected chi connectivity index (χ1v) is 4.47. The second-order valence-corrected chi connectivity index (χ2v) is 3.35. The van der Waals surface area contributed by atoms with E-state index in [9.17, 15) is 8.78 Å². The number of fused-ring (bicyclic) bond motifs is 1. The van der Waals surface area contributed by atoms with Crippen LogP contribution in [-0.4, -0.2) is 21.5 Å². The number of hydrogen-bond donors (Lipinski definition) is 1. The number of aryl methyl sites for hydroxylation is 1. The average Bonchev–Trinajstić information content (AvgIpc) is 2.58. The van der Waals surface area contributed by atoms with Gasteiger partial charge in [0.2, 0.25) is 0 Å². The highest BCUT2D eigenvalue weighted by atomic mass is 19.3. The first-order valence-electron chi connectivity index (χ1n) is 4.47. The molecule has 0 atom stereocenters. The Morgan fingerprint density at radius 1 is 1.40 bits per heavy atom. The van der Waals surface area contributed by atoms with Crippen molar-refractivity contribution in [1.29, 1.82) is 0 Å². The quantitative estimate of drug-likeness (QED) is 0.822. The third kappa shape index (κ3) is 1.48. The van der Waals surface area contributed by atoms with E-state index in [0.29, 0.717) is 10.9 Å². The molecule has 0 aliphatic rings. The second kappa shape index (κ2) is 3.27. The lowest BCUT2D eigenvalue weighted by atomic mass is 10.1. The molecule has 3 nitrogen and oxygen atoms in total. The van der Waals surface area contributed by atoms with Gasteiger partial charge in [-0.25, -0.2) is 0 Å². The van der Waals surface area contributed by atoms with Crippen LogP contribution in [0.5, 0.6) is 0 Å². The smallest absolute Gasteiger partial charge is 0.314 e. The molecule has 1 N–H and O–H groups in total. The molecule has 0 unspecified atom stereocenters. The van der Waals surface area contributed by atoms with E-state index in [1.54, 1.807) is 31.3 Å². The monoisotopic (exact) mass is 212 g/mol. The topological polar surface area (TPSA) is 38.0 Å². The van der Waals surface area contributed by atoms with Crippen molar-refractivity contribution in [3.63, 3.8) is 0 Å². The van der Waals surface area contributed by atoms with Crippen LogP contribution in [0, 0.1) is 0 Å². The van der Waals surface area contributed by atoms with Gasteiger partial charge in [-0.05, 0) is 6.07 Å². The summed E-state index contributed by atoms with van der Waals surface area (Å²) >= 11 is 0. The minimum atomic E-state index is -3.29. The number of aromatic nitrogens is 2. The van der Waals surface area contributed by atoms with E-state index < -0.39 is 12.5 Å². The van der Waals surface area contributed by atoms with Crippen molar-refractivity contribution in [3.05, 3.63) is 30.0 Å². The summed E-state index contributed by atoms with van der Waals surface area (Å²) < 4.78 is 28.0. The van der Waals surface area contributed by atoms with Crippen LogP contribution in [0.3, 0.4) is 0 Å². The molecule has 0 bridgehead atoms. The maximum atomic E-state index is 13.3. The van der Waals surface area contributed by atoms with Gasteiger partial charge >= 0.3 is 5.92 Å². The van der Waals surface area contributed by atoms with Crippen LogP contribution >= 0.6 is 0 Å². The molecule has 0 fully saturated rings. The highest BCUT2D eigenvalue weighted by Crippen LogP contribution is 2.31. The molecule has 1 aromatic heterocycles. The van der Waals surface area contributed by atoms with Crippen LogP contribution in [-0.2, 0) is 13.0 Å². The Hall–Kier alpha value is -1.49. The predicted octanol–water partition coefficient (Wildman–Crippen LogP) is 1.66. The predicted molar refractivity (Wildman–Crippen MR) is 51.7 cm³/mol. The maximum absolute atomic E-state index is 13.3. The SMILES string of the molecule is Cn1nc(C(F)(F)CO)c2ccccc21. The van der Waals surface area contributed by atoms with Crippen molar-refractivity contribution >= 4 is 10.9 Å². The number of benzene rings is 1. The summed E-state index contributed by atoms with van der Waals surface area (Å²) in [5.41, 5.74) is 0.253. The molecule has 0 amide bonds. The molecule has 2 rings (SSSR count). The summed E-state index contributed by atoms with van der Waals surface area (Å²) in [7, 11) is 1.60. The van der Waals surface area contributed by atoms with E-state index in [2.05, 4.69) is 5.10 Å². The average molecular weight is 212 g/mol. The zero-order valence-electron chi connectivity index (χ0n) is 8.11. The van der Waals surface area contributed by atoms with Crippen molar-refractivity contribution in [2.75, 3.05) is 6.61 Å². The summed E-state index contributed by atoms with van der Waals surface area (Å²) in [6.45, 7) is -1.23. The molecule has 0 saturated carbocycles. The molecule has 0 spiro atoms. The van der Waals surface area contributed by atoms with Crippen LogP contribution in [0.1, 0.15) is 5.69 Å². The number of halogens is 2. The molecule has 0 saturated heterocycles. The lowest BCUT2D eigenvalue weighted by Gasteiger charge is -2.09. The molecule has 1 heterocycles. The van der Waals surface area contributed by atoms with Gasteiger partial charge in [0.15, 0.2) is 0 Å². The van der Waals surface area contributed by atoms with E-state index in [-0.39, 0.29) is 5.69 Å². The zero-order chi connectivity index (χ0) is 11.1. The molecule has 0 aliphatic heterocycles. The Labute approximate surface area is 84.9 Å². The van der Waals surface area contributed by atoms with Crippen molar-refractivity contribution in [1.82, 2.24) is 9.78 Å². The number of hydrogen-bond acceptors (Lipinski definition) is 2. The molecular weight excluding hydrogens is 202 g/mol. The summed E-state index contributed by atoms with van der Waals surface area (Å²) in [4.78, 5) is 0. The van der Waals surface area contributed by atoms with Gasteiger partial charge in [0.1, 0.15) is 12.3 Å². The van der Waals surface area contributed by atoms with Crippen molar-refractivity contribution < 1.29 is 13.9 Å². The van der Waals surface area contributed by atoms with E-state index in [4.69, 9.17) is 5.11 Å². The molecule has 80 valence electrons. The molecule has 5 heteroatoms. The number of nitrogens with zero attached hydrogens (tertiary/aromatic N) is 2. The lowest BCUT2D eigenvalue weighted by molar-refractivity contribution is -0.0584. The van der Waals surface area contributed by atoms with Gasteiger partial charge in [0, 0.05) is 12.4 Å². The number of rotatable bonds is 2. The highest BCUT2D eigenvalue weighted by Gasteiger charge is 2.35. The van der Waals surface area contributed by atoms with E-state index in [0.717, 1.165) is 0 Å². The summed E-state index contributed by atoms with van der Waals surface area (Å²) in [5.74, 6) is -3.29. The van der Waals surface area contributed by atoms with Crippen molar-refractivity contribution in [3.8, 4) is 0 Å². The van der Waals surface area contributed by atoms with Crippen LogP contribution in [0.2, 0.25) is 0 Å². The highest BCUT2D eigenvalue weighted by molar-refractivity contribution is 5.82. The number of aliphatic hydroxyl groups is 1. The molecule has 1 aromatic carbocycles. The summed E-state index contributed by atoms with van der Waals surface area (Å²) in [6.07, 6.45) is 0. The third-order valence-corrected chi connectivity index (χ3v) is 2.30. The molecule has 15 heavy (non-hydrogen) atoms. The van der Waals surface area contributed by atoms with E-state index in [1.165, 1.54) is 4.68 Å². The van der Waals surface area contributed by atoms with E-state index in [1.807, 2.05) is 0 Å². The van der Waals surface area contributed by atoms with E-state index >= 15 is 0 Å². The van der Waals surface area contributed by atoms with Crippen LogP contribution < -0.4 is 0 Å². The molecule has 2 aromatic rings. The first kappa shape index (κ1) is 10.0. The maximum Gasteiger partial charge on any atom is 0.314 e. The third-order valence-electron chi connectivity index (χ3n) is 2.30. The fourth-order valence-electron chi connectivity index (χ4n) is 1.56. The van der Waals surface area contributed by atoms with Gasteiger partial charge in [-0.1, -0.05) is 18.2 Å². The Morgan fingerprint density at radius 2 is 2.07 bits per heavy atom. The van der Waals surface area contributed by atoms with Gasteiger partial charge in [-0.2, -0.15) is 13.9 Å². The van der Waals surface area contributed by atoms with Gasteiger partial charge < -0.3 is 5.11 Å². The van der Waals surface area contributed by atoms with Crippen LogP contribution in [0.15, 0.2) is 24.3 Å². The van der Waals surface area contributed by atoms with Crippen molar-refractivity contribution in [2.45, 2.75) is 5.92 Å². The number of aliphatic hydroxyl groups excluding tert-OH is 1. The second-order valence-electron chi connectivity index (χ2n) is 3.35. The first-order chi connectivity index (χ1) is 7.06. The summed E-state index contributed by atoms with van der Waals surface area (Å²) in [6, 6.07) is 6.70. The Morgan fingerprint density at radius 3 is 2.73 bits per heavy atom. The van der Waals surface area contributed by atoms with Gasteiger partial charge in [0.25, 0.3) is 0 Å². The lowest BCUT2D eigenvalue weighted by Crippen LogP contribution is -2.19.